The van der Waals surface area contributed by atoms with Crippen LogP contribution in [0.1, 0.15) is 5.56 Å². The highest BCUT2D eigenvalue weighted by Gasteiger charge is 2.42. The van der Waals surface area contributed by atoms with Crippen molar-refractivity contribution in [3.05, 3.63) is 35.9 Å². The van der Waals surface area contributed by atoms with Gasteiger partial charge in [0.15, 0.2) is 12.2 Å². The number of aliphatic hydroxyl groups is 2. The summed E-state index contributed by atoms with van der Waals surface area (Å²) in [5.41, 5.74) is 0.992. The Morgan fingerprint density at radius 2 is 1.94 bits per heavy atom. The first-order valence-electron chi connectivity index (χ1n) is 5.37. The molecule has 0 bridgehead atoms. The highest BCUT2D eigenvalue weighted by atomic mass is 16.6. The number of benzene rings is 1. The van der Waals surface area contributed by atoms with Gasteiger partial charge in [-0.2, -0.15) is 0 Å². The van der Waals surface area contributed by atoms with Gasteiger partial charge >= 0.3 is 5.97 Å². The molecule has 2 N–H and O–H groups in total. The van der Waals surface area contributed by atoms with E-state index in [9.17, 15) is 15.0 Å². The molecule has 0 amide bonds. The number of carbonyl (C=O) groups is 1. The van der Waals surface area contributed by atoms with Crippen LogP contribution in [0.15, 0.2) is 30.3 Å². The van der Waals surface area contributed by atoms with E-state index in [1.807, 2.05) is 30.3 Å². The first kappa shape index (κ1) is 12.0. The van der Waals surface area contributed by atoms with Crippen LogP contribution in [0.5, 0.6) is 0 Å². The quantitative estimate of drug-likeness (QED) is 0.713. The van der Waals surface area contributed by atoms with E-state index in [0.29, 0.717) is 6.61 Å². The summed E-state index contributed by atoms with van der Waals surface area (Å²) in [4.78, 5) is 10.9. The van der Waals surface area contributed by atoms with E-state index in [4.69, 9.17) is 9.47 Å². The summed E-state index contributed by atoms with van der Waals surface area (Å²) in [5.74, 6) is -0.800. The van der Waals surface area contributed by atoms with Crippen molar-refractivity contribution in [2.24, 2.45) is 0 Å². The topological polar surface area (TPSA) is 76.0 Å². The van der Waals surface area contributed by atoms with Gasteiger partial charge < -0.3 is 19.7 Å². The molecule has 1 aromatic carbocycles. The third kappa shape index (κ3) is 2.82. The van der Waals surface area contributed by atoms with Crippen molar-refractivity contribution in [3.63, 3.8) is 0 Å². The smallest absolute Gasteiger partial charge is 0.338 e. The lowest BCUT2D eigenvalue weighted by Gasteiger charge is -2.13. The molecule has 5 nitrogen and oxygen atoms in total. The Labute approximate surface area is 98.6 Å². The standard InChI is InChI=1S/C12H14O5/c13-10-9(17-12(15)11(10)14)7-16-6-8-4-2-1-3-5-8/h1-5,9-11,13-14H,6-7H2/t9-,10+,11-/m1/s1. The van der Waals surface area contributed by atoms with Crippen LogP contribution in [0, 0.1) is 0 Å². The molecule has 1 saturated heterocycles. The van der Waals surface area contributed by atoms with E-state index in [1.54, 1.807) is 0 Å². The molecule has 0 unspecified atom stereocenters. The van der Waals surface area contributed by atoms with Crippen LogP contribution in [0.25, 0.3) is 0 Å². The minimum absolute atomic E-state index is 0.0683. The van der Waals surface area contributed by atoms with Gasteiger partial charge in [0.25, 0.3) is 0 Å². The number of ether oxygens (including phenoxy) is 2. The zero-order valence-corrected chi connectivity index (χ0v) is 9.15. The minimum Gasteiger partial charge on any atom is -0.455 e. The van der Waals surface area contributed by atoms with Gasteiger partial charge in [-0.3, -0.25) is 0 Å². The molecule has 2 rings (SSSR count). The molecule has 1 aliphatic rings. The van der Waals surface area contributed by atoms with Crippen molar-refractivity contribution >= 4 is 5.97 Å². The van der Waals surface area contributed by atoms with E-state index in [1.165, 1.54) is 0 Å². The van der Waals surface area contributed by atoms with Crippen LogP contribution in [0.3, 0.4) is 0 Å². The molecule has 1 fully saturated rings. The van der Waals surface area contributed by atoms with E-state index < -0.39 is 24.3 Å². The number of aliphatic hydroxyl groups excluding tert-OH is 2. The SMILES string of the molecule is O=C1O[C@H](COCc2ccccc2)[C@H](O)[C@H]1O. The maximum absolute atomic E-state index is 10.9. The molecule has 92 valence electrons. The van der Waals surface area contributed by atoms with Crippen molar-refractivity contribution in [3.8, 4) is 0 Å². The summed E-state index contributed by atoms with van der Waals surface area (Å²) < 4.78 is 10.1. The third-order valence-corrected chi connectivity index (χ3v) is 2.61. The Hall–Kier alpha value is -1.43. The van der Waals surface area contributed by atoms with Gasteiger partial charge in [-0.05, 0) is 5.56 Å². The second-order valence-corrected chi connectivity index (χ2v) is 3.91. The predicted molar refractivity (Wildman–Crippen MR) is 58.0 cm³/mol. The average Bonchev–Trinajstić information content (AvgIpc) is 2.59. The lowest BCUT2D eigenvalue weighted by atomic mass is 10.1. The van der Waals surface area contributed by atoms with Gasteiger partial charge in [-0.25, -0.2) is 4.79 Å². The number of cyclic esters (lactones) is 1. The zero-order chi connectivity index (χ0) is 12.3. The normalized spacial score (nSPS) is 28.1. The maximum atomic E-state index is 10.9. The number of hydrogen-bond donors (Lipinski definition) is 2. The van der Waals surface area contributed by atoms with Crippen LogP contribution < -0.4 is 0 Å². The highest BCUT2D eigenvalue weighted by molar-refractivity contribution is 5.77. The van der Waals surface area contributed by atoms with Crippen LogP contribution in [-0.2, 0) is 20.9 Å². The van der Waals surface area contributed by atoms with Crippen molar-refractivity contribution in [2.45, 2.75) is 24.9 Å². The molecular formula is C12H14O5. The number of rotatable bonds is 4. The molecule has 1 aliphatic heterocycles. The Morgan fingerprint density at radius 1 is 1.24 bits per heavy atom. The summed E-state index contributed by atoms with van der Waals surface area (Å²) in [6.07, 6.45) is -3.46. The molecule has 1 heterocycles. The van der Waals surface area contributed by atoms with E-state index >= 15 is 0 Å². The fourth-order valence-electron chi connectivity index (χ4n) is 1.63. The molecule has 3 atom stereocenters. The number of esters is 1. The van der Waals surface area contributed by atoms with Crippen LogP contribution >= 0.6 is 0 Å². The second kappa shape index (κ2) is 5.27. The van der Waals surface area contributed by atoms with E-state index in [-0.39, 0.29) is 6.61 Å². The summed E-state index contributed by atoms with van der Waals surface area (Å²) in [6, 6.07) is 9.51. The van der Waals surface area contributed by atoms with E-state index in [0.717, 1.165) is 5.56 Å². The van der Waals surface area contributed by atoms with Gasteiger partial charge in [0.2, 0.25) is 0 Å². The summed E-state index contributed by atoms with van der Waals surface area (Å²) in [5, 5.41) is 18.6. The number of carbonyl (C=O) groups excluding carboxylic acids is 1. The van der Waals surface area contributed by atoms with Crippen molar-refractivity contribution in [1.82, 2.24) is 0 Å². The fraction of sp³-hybridized carbons (Fsp3) is 0.417. The molecule has 0 spiro atoms. The Bertz CT molecular complexity index is 378. The molecule has 0 radical (unpaired) electrons. The van der Waals surface area contributed by atoms with Gasteiger partial charge in [-0.15, -0.1) is 0 Å². The zero-order valence-electron chi connectivity index (χ0n) is 9.15. The van der Waals surface area contributed by atoms with Gasteiger partial charge in [-0.1, -0.05) is 30.3 Å². The molecule has 0 aromatic heterocycles. The van der Waals surface area contributed by atoms with Crippen molar-refractivity contribution in [2.75, 3.05) is 6.61 Å². The molecule has 1 aromatic rings. The van der Waals surface area contributed by atoms with E-state index in [2.05, 4.69) is 0 Å². The highest BCUT2D eigenvalue weighted by Crippen LogP contribution is 2.16. The second-order valence-electron chi connectivity index (χ2n) is 3.91. The Balaban J connectivity index is 1.78. The monoisotopic (exact) mass is 238 g/mol. The fourth-order valence-corrected chi connectivity index (χ4v) is 1.63. The minimum atomic E-state index is -1.46. The number of hydrogen-bond acceptors (Lipinski definition) is 5. The Morgan fingerprint density at radius 3 is 2.53 bits per heavy atom. The Kier molecular flexibility index (Phi) is 3.73. The van der Waals surface area contributed by atoms with Crippen LogP contribution in [0.2, 0.25) is 0 Å². The summed E-state index contributed by atoms with van der Waals surface area (Å²) in [6.45, 7) is 0.441. The molecule has 0 saturated carbocycles. The summed E-state index contributed by atoms with van der Waals surface area (Å²) >= 11 is 0. The predicted octanol–water partition coefficient (Wildman–Crippen LogP) is -0.150. The van der Waals surface area contributed by atoms with Crippen molar-refractivity contribution in [1.29, 1.82) is 0 Å². The largest absolute Gasteiger partial charge is 0.455 e. The summed E-state index contributed by atoms with van der Waals surface area (Å²) in [7, 11) is 0. The van der Waals surface area contributed by atoms with Gasteiger partial charge in [0.05, 0.1) is 13.2 Å². The molecule has 0 aliphatic carbocycles. The van der Waals surface area contributed by atoms with Gasteiger partial charge in [0.1, 0.15) is 6.10 Å². The average molecular weight is 238 g/mol. The lowest BCUT2D eigenvalue weighted by Crippen LogP contribution is -2.33. The van der Waals surface area contributed by atoms with Crippen LogP contribution in [-0.4, -0.2) is 41.1 Å². The van der Waals surface area contributed by atoms with Gasteiger partial charge in [0, 0.05) is 0 Å². The molecule has 17 heavy (non-hydrogen) atoms. The van der Waals surface area contributed by atoms with Crippen LogP contribution in [0.4, 0.5) is 0 Å². The first-order valence-corrected chi connectivity index (χ1v) is 5.37. The lowest BCUT2D eigenvalue weighted by molar-refractivity contribution is -0.149. The first-order chi connectivity index (χ1) is 8.18. The third-order valence-electron chi connectivity index (χ3n) is 2.61. The maximum Gasteiger partial charge on any atom is 0.338 e. The van der Waals surface area contributed by atoms with Crippen molar-refractivity contribution < 1.29 is 24.5 Å². The molecule has 5 heteroatoms. The molecular weight excluding hydrogens is 224 g/mol.